The Morgan fingerprint density at radius 1 is 1.13 bits per heavy atom. The van der Waals surface area contributed by atoms with Crippen LogP contribution in [0.3, 0.4) is 0 Å². The highest BCUT2D eigenvalue weighted by molar-refractivity contribution is 5.92. The number of nitrogens with one attached hydrogen (secondary N) is 1. The molecule has 30 heavy (non-hydrogen) atoms. The van der Waals surface area contributed by atoms with Crippen LogP contribution in [-0.4, -0.2) is 15.9 Å². The first kappa shape index (κ1) is 21.8. The van der Waals surface area contributed by atoms with Gasteiger partial charge in [0.25, 0.3) is 0 Å². The van der Waals surface area contributed by atoms with Gasteiger partial charge in [-0.25, -0.2) is 0 Å². The molecule has 0 aliphatic heterocycles. The predicted molar refractivity (Wildman–Crippen MR) is 118 cm³/mol. The third-order valence-electron chi connectivity index (χ3n) is 6.19. The van der Waals surface area contributed by atoms with Crippen molar-refractivity contribution in [3.63, 3.8) is 0 Å². The highest BCUT2D eigenvalue weighted by Gasteiger charge is 2.30. The largest absolute Gasteiger partial charge is 0.502 e. The van der Waals surface area contributed by atoms with Gasteiger partial charge in [-0.2, -0.15) is 0 Å². The van der Waals surface area contributed by atoms with E-state index in [1.165, 1.54) is 36.6 Å². The van der Waals surface area contributed by atoms with Gasteiger partial charge in [-0.3, -0.25) is 14.9 Å². The molecule has 0 unspecified atom stereocenters. The van der Waals surface area contributed by atoms with Crippen molar-refractivity contribution in [2.24, 2.45) is 11.3 Å². The minimum Gasteiger partial charge on any atom is -0.502 e. The second-order valence-electron chi connectivity index (χ2n) is 9.35. The monoisotopic (exact) mass is 410 g/mol. The standard InChI is InChI=1S/C24H30N2O4/c1-24(2,3)19-10-8-17(9-11-19)18-5-4-6-20(15-18)25-23(28)14-16-7-12-22(27)21(13-16)26(29)30/h4-7,12-13,15,17,19,27H,8-11,14H2,1-3H3,(H,25,28). The van der Waals surface area contributed by atoms with Gasteiger partial charge in [-0.1, -0.05) is 39.0 Å². The van der Waals surface area contributed by atoms with Gasteiger partial charge in [-0.15, -0.1) is 0 Å². The van der Waals surface area contributed by atoms with Crippen molar-refractivity contribution >= 4 is 17.3 Å². The number of aromatic hydroxyl groups is 1. The maximum absolute atomic E-state index is 12.4. The number of anilines is 1. The van der Waals surface area contributed by atoms with E-state index < -0.39 is 16.4 Å². The van der Waals surface area contributed by atoms with E-state index in [-0.39, 0.29) is 12.3 Å². The van der Waals surface area contributed by atoms with E-state index in [1.54, 1.807) is 0 Å². The van der Waals surface area contributed by atoms with E-state index in [1.807, 2.05) is 18.2 Å². The van der Waals surface area contributed by atoms with Gasteiger partial charge >= 0.3 is 5.69 Å². The average molecular weight is 411 g/mol. The molecule has 3 rings (SSSR count). The van der Waals surface area contributed by atoms with Crippen molar-refractivity contribution in [3.8, 4) is 5.75 Å². The number of hydrogen-bond acceptors (Lipinski definition) is 4. The lowest BCUT2D eigenvalue weighted by Crippen LogP contribution is -2.25. The Labute approximate surface area is 177 Å². The molecule has 2 aromatic carbocycles. The number of nitrogens with zero attached hydrogens (tertiary/aromatic N) is 1. The summed E-state index contributed by atoms with van der Waals surface area (Å²) in [5.74, 6) is 0.618. The predicted octanol–water partition coefficient (Wildman–Crippen LogP) is 5.80. The maximum Gasteiger partial charge on any atom is 0.310 e. The van der Waals surface area contributed by atoms with E-state index in [2.05, 4.69) is 32.2 Å². The van der Waals surface area contributed by atoms with Crippen molar-refractivity contribution < 1.29 is 14.8 Å². The third-order valence-corrected chi connectivity index (χ3v) is 6.19. The molecule has 0 radical (unpaired) electrons. The fourth-order valence-electron chi connectivity index (χ4n) is 4.38. The molecule has 6 heteroatoms. The number of hydrogen-bond donors (Lipinski definition) is 2. The van der Waals surface area contributed by atoms with E-state index in [0.717, 1.165) is 24.4 Å². The van der Waals surface area contributed by atoms with E-state index >= 15 is 0 Å². The molecule has 0 saturated heterocycles. The van der Waals surface area contributed by atoms with Crippen LogP contribution in [0, 0.1) is 21.4 Å². The SMILES string of the molecule is CC(C)(C)C1CCC(c2cccc(NC(=O)Cc3ccc(O)c([N+](=O)[O-])c3)c2)CC1. The summed E-state index contributed by atoms with van der Waals surface area (Å²) in [6.07, 6.45) is 4.78. The number of benzene rings is 2. The zero-order valence-corrected chi connectivity index (χ0v) is 17.9. The second kappa shape index (κ2) is 8.86. The van der Waals surface area contributed by atoms with Crippen molar-refractivity contribution in [2.45, 2.75) is 58.8 Å². The Morgan fingerprint density at radius 2 is 1.83 bits per heavy atom. The Balaban J connectivity index is 1.62. The molecule has 1 amide bonds. The van der Waals surface area contributed by atoms with Crippen LogP contribution in [0.2, 0.25) is 0 Å². The number of carbonyl (C=O) groups is 1. The van der Waals surface area contributed by atoms with Crippen molar-refractivity contribution in [1.29, 1.82) is 0 Å². The minimum absolute atomic E-state index is 0.00202. The van der Waals surface area contributed by atoms with Crippen molar-refractivity contribution in [1.82, 2.24) is 0 Å². The summed E-state index contributed by atoms with van der Waals surface area (Å²) in [5.41, 5.74) is 2.43. The zero-order valence-electron chi connectivity index (χ0n) is 17.9. The van der Waals surface area contributed by atoms with Crippen LogP contribution in [0.5, 0.6) is 5.75 Å². The number of amides is 1. The molecule has 2 N–H and O–H groups in total. The van der Waals surface area contributed by atoms with Gasteiger partial charge < -0.3 is 10.4 Å². The molecule has 1 aliphatic rings. The highest BCUT2D eigenvalue weighted by Crippen LogP contribution is 2.43. The summed E-state index contributed by atoms with van der Waals surface area (Å²) < 4.78 is 0. The van der Waals surface area contributed by atoms with Crippen LogP contribution in [-0.2, 0) is 11.2 Å². The number of nitro benzene ring substituents is 1. The summed E-state index contributed by atoms with van der Waals surface area (Å²) in [6, 6.07) is 12.0. The molecule has 160 valence electrons. The fourth-order valence-corrected chi connectivity index (χ4v) is 4.38. The summed E-state index contributed by atoms with van der Waals surface area (Å²) >= 11 is 0. The molecule has 1 fully saturated rings. The zero-order chi connectivity index (χ0) is 21.9. The number of phenolic OH excluding ortho intramolecular Hbond substituents is 1. The number of phenols is 1. The van der Waals surface area contributed by atoms with E-state index in [9.17, 15) is 20.0 Å². The van der Waals surface area contributed by atoms with Crippen LogP contribution >= 0.6 is 0 Å². The number of carbonyl (C=O) groups excluding carboxylic acids is 1. The van der Waals surface area contributed by atoms with E-state index in [0.29, 0.717) is 16.9 Å². The molecule has 6 nitrogen and oxygen atoms in total. The average Bonchev–Trinajstić information content (AvgIpc) is 2.69. The molecule has 1 saturated carbocycles. The fraction of sp³-hybridized carbons (Fsp3) is 0.458. The van der Waals surface area contributed by atoms with Crippen LogP contribution in [0.25, 0.3) is 0 Å². The Morgan fingerprint density at radius 3 is 2.47 bits per heavy atom. The number of rotatable bonds is 5. The highest BCUT2D eigenvalue weighted by atomic mass is 16.6. The lowest BCUT2D eigenvalue weighted by atomic mass is 9.68. The molecule has 2 aromatic rings. The summed E-state index contributed by atoms with van der Waals surface area (Å²) in [7, 11) is 0. The first-order chi connectivity index (χ1) is 14.1. The first-order valence-corrected chi connectivity index (χ1v) is 10.5. The lowest BCUT2D eigenvalue weighted by molar-refractivity contribution is -0.385. The minimum atomic E-state index is -0.658. The molecular formula is C24H30N2O4. The summed E-state index contributed by atoms with van der Waals surface area (Å²) in [6.45, 7) is 6.95. The van der Waals surface area contributed by atoms with Gasteiger partial charge in [0.15, 0.2) is 5.75 Å². The van der Waals surface area contributed by atoms with Crippen molar-refractivity contribution in [3.05, 3.63) is 63.7 Å². The van der Waals surface area contributed by atoms with Gasteiger partial charge in [0.2, 0.25) is 5.91 Å². The molecule has 1 aliphatic carbocycles. The lowest BCUT2D eigenvalue weighted by Gasteiger charge is -2.37. The van der Waals surface area contributed by atoms with Gasteiger partial charge in [0, 0.05) is 11.8 Å². The number of nitro groups is 1. The first-order valence-electron chi connectivity index (χ1n) is 10.5. The topological polar surface area (TPSA) is 92.5 Å². The third kappa shape index (κ3) is 5.38. The molecule has 0 spiro atoms. The maximum atomic E-state index is 12.4. The Kier molecular flexibility index (Phi) is 6.44. The summed E-state index contributed by atoms with van der Waals surface area (Å²) in [5, 5.41) is 23.4. The quantitative estimate of drug-likeness (QED) is 0.481. The van der Waals surface area contributed by atoms with Crippen LogP contribution in [0.4, 0.5) is 11.4 Å². The molecular weight excluding hydrogens is 380 g/mol. The van der Waals surface area contributed by atoms with Crippen molar-refractivity contribution in [2.75, 3.05) is 5.32 Å². The Hall–Kier alpha value is -2.89. The van der Waals surface area contributed by atoms with Crippen LogP contribution < -0.4 is 5.32 Å². The Bertz CT molecular complexity index is 925. The summed E-state index contributed by atoms with van der Waals surface area (Å²) in [4.78, 5) is 22.7. The second-order valence-corrected chi connectivity index (χ2v) is 9.35. The van der Waals surface area contributed by atoms with Gasteiger partial charge in [0.05, 0.1) is 11.3 Å². The molecule has 0 bridgehead atoms. The molecule has 0 atom stereocenters. The van der Waals surface area contributed by atoms with E-state index in [4.69, 9.17) is 0 Å². The normalized spacial score (nSPS) is 19.3. The smallest absolute Gasteiger partial charge is 0.310 e. The van der Waals surface area contributed by atoms with Crippen LogP contribution in [0.1, 0.15) is 63.5 Å². The molecule has 0 aromatic heterocycles. The van der Waals surface area contributed by atoms with Crippen LogP contribution in [0.15, 0.2) is 42.5 Å². The molecule has 0 heterocycles. The van der Waals surface area contributed by atoms with Gasteiger partial charge in [0.1, 0.15) is 0 Å². The van der Waals surface area contributed by atoms with Gasteiger partial charge in [-0.05, 0) is 72.3 Å².